The first-order chi connectivity index (χ1) is 24.6. The van der Waals surface area contributed by atoms with E-state index in [2.05, 4.69) is 13.8 Å². The Bertz CT molecular complexity index is 1170. The van der Waals surface area contributed by atoms with Crippen molar-refractivity contribution in [3.63, 3.8) is 0 Å². The minimum Gasteiger partial charge on any atom is -0.481 e. The van der Waals surface area contributed by atoms with E-state index in [-0.39, 0.29) is 48.7 Å². The van der Waals surface area contributed by atoms with Gasteiger partial charge >= 0.3 is 11.9 Å². The van der Waals surface area contributed by atoms with Crippen molar-refractivity contribution in [1.82, 2.24) is 0 Å². The molecule has 308 valence electrons. The summed E-state index contributed by atoms with van der Waals surface area (Å²) in [5, 5.41) is 9.06. The lowest BCUT2D eigenvalue weighted by Gasteiger charge is -2.33. The molecule has 5 rings (SSSR count). The van der Waals surface area contributed by atoms with Crippen molar-refractivity contribution in [2.24, 2.45) is 47.3 Å². The summed E-state index contributed by atoms with van der Waals surface area (Å²) < 4.78 is 44.8. The third kappa shape index (κ3) is 15.4. The van der Waals surface area contributed by atoms with Crippen LogP contribution in [0.2, 0.25) is 0 Å². The summed E-state index contributed by atoms with van der Waals surface area (Å²) in [5.41, 5.74) is 0. The first kappa shape index (κ1) is 45.1. The van der Waals surface area contributed by atoms with Crippen molar-refractivity contribution in [3.8, 4) is 5.75 Å². The molecule has 0 heterocycles. The number of unbranched alkanes of at least 4 members (excludes halogenated alkanes) is 4. The van der Waals surface area contributed by atoms with E-state index in [1.807, 2.05) is 0 Å². The smallest absolute Gasteiger partial charge is 0.314 e. The van der Waals surface area contributed by atoms with Gasteiger partial charge in [-0.3, -0.25) is 9.59 Å². The number of hydrogen-bond acceptors (Lipinski definition) is 3. The van der Waals surface area contributed by atoms with Gasteiger partial charge in [0.25, 0.3) is 0 Å². The Morgan fingerprint density at radius 2 is 0.942 bits per heavy atom. The maximum absolute atomic E-state index is 13.3. The zero-order chi connectivity index (χ0) is 36.6. The Hall–Kier alpha value is -1.32. The van der Waals surface area contributed by atoms with E-state index >= 15 is 0 Å². The third-order valence-corrected chi connectivity index (χ3v) is 13.2. The molecule has 0 spiro atoms. The van der Waals surface area contributed by atoms with Crippen molar-refractivity contribution in [2.75, 3.05) is 0 Å². The second-order valence-electron chi connectivity index (χ2n) is 17.1. The molecule has 4 aliphatic rings. The Labute approximate surface area is 338 Å². The summed E-state index contributed by atoms with van der Waals surface area (Å²) in [6.07, 6.45) is 32.6. The van der Waals surface area contributed by atoms with Gasteiger partial charge in [-0.05, 0) is 99.7 Å². The number of aliphatic carboxylic acids is 1. The van der Waals surface area contributed by atoms with Crippen LogP contribution in [0.1, 0.15) is 188 Å². The van der Waals surface area contributed by atoms with Crippen LogP contribution < -0.4 is 4.74 Å². The second kappa shape index (κ2) is 24.2. The molecule has 0 atom stereocenters. The van der Waals surface area contributed by atoms with Crippen LogP contribution in [0.4, 0.5) is 13.2 Å². The van der Waals surface area contributed by atoms with E-state index < -0.39 is 29.4 Å². The zero-order valence-corrected chi connectivity index (χ0v) is 34.7. The largest absolute Gasteiger partial charge is 0.481 e. The fourth-order valence-corrected chi connectivity index (χ4v) is 9.89. The number of carboxylic acid groups (broad SMARTS) is 1. The van der Waals surface area contributed by atoms with Crippen LogP contribution in [-0.4, -0.2) is 17.0 Å². The molecule has 1 aromatic rings. The summed E-state index contributed by atoms with van der Waals surface area (Å²) in [6, 6.07) is 1.45. The van der Waals surface area contributed by atoms with Crippen molar-refractivity contribution in [2.45, 2.75) is 181 Å². The average molecular weight is 857 g/mol. The third-order valence-electron chi connectivity index (χ3n) is 13.2. The quantitative estimate of drug-likeness (QED) is 0.0627. The minimum absolute atomic E-state index is 0. The van der Waals surface area contributed by atoms with Gasteiger partial charge in [-0.25, -0.2) is 13.2 Å². The number of carbonyl (C=O) groups is 2. The van der Waals surface area contributed by atoms with Crippen LogP contribution in [0.5, 0.6) is 5.75 Å². The molecule has 0 amide bonds. The Morgan fingerprint density at radius 1 is 0.596 bits per heavy atom. The lowest BCUT2D eigenvalue weighted by Crippen LogP contribution is -2.27. The highest BCUT2D eigenvalue weighted by Crippen LogP contribution is 2.41. The number of carboxylic acids is 1. The molecule has 0 radical (unpaired) electrons. The Kier molecular flexibility index (Phi) is 21.0. The SMILES string of the molecule is CCCCCC1CCC(CC2CCC(C(=O)O)CC2)CC1.CCCCCC1CCC(CC2CCC(C(=O)Oc3cc(F)c(F)c(F)c3)CC2)CC1.I.[HH].[HH].[HH].[HH].[HH]. The van der Waals surface area contributed by atoms with Gasteiger partial charge in [-0.15, -0.1) is 24.0 Å². The lowest BCUT2D eigenvalue weighted by molar-refractivity contribution is -0.143. The Balaban J connectivity index is -0.000000970. The fraction of sp³-hybridized carbons (Fsp3) is 0.818. The number of carbonyl (C=O) groups excluding carboxylic acids is 1. The summed E-state index contributed by atoms with van der Waals surface area (Å²) in [6.45, 7) is 4.55. The molecule has 1 aromatic carbocycles. The highest BCUT2D eigenvalue weighted by Gasteiger charge is 2.31. The predicted octanol–water partition coefficient (Wildman–Crippen LogP) is 15.1. The van der Waals surface area contributed by atoms with Crippen LogP contribution in [0, 0.1) is 64.8 Å². The van der Waals surface area contributed by atoms with E-state index in [4.69, 9.17) is 9.84 Å². The lowest BCUT2D eigenvalue weighted by atomic mass is 9.72. The molecule has 4 aliphatic carbocycles. The number of rotatable bonds is 15. The molecular formula is C44H80F3IO4. The summed E-state index contributed by atoms with van der Waals surface area (Å²) in [4.78, 5) is 23.4. The molecule has 4 nitrogen and oxygen atoms in total. The molecule has 8 heteroatoms. The first-order valence-electron chi connectivity index (χ1n) is 21.2. The van der Waals surface area contributed by atoms with Gasteiger partial charge in [0, 0.05) is 19.3 Å². The molecular weight excluding hydrogens is 776 g/mol. The summed E-state index contributed by atoms with van der Waals surface area (Å²) >= 11 is 0. The van der Waals surface area contributed by atoms with Gasteiger partial charge in [0.2, 0.25) is 0 Å². The fourth-order valence-electron chi connectivity index (χ4n) is 9.89. The van der Waals surface area contributed by atoms with Crippen LogP contribution >= 0.6 is 24.0 Å². The topological polar surface area (TPSA) is 63.6 Å². The number of benzene rings is 1. The normalized spacial score (nSPS) is 29.2. The number of ether oxygens (including phenoxy) is 1. The predicted molar refractivity (Wildman–Crippen MR) is 225 cm³/mol. The van der Waals surface area contributed by atoms with Gasteiger partial charge in [-0.1, -0.05) is 117 Å². The van der Waals surface area contributed by atoms with Gasteiger partial charge in [-0.2, -0.15) is 0 Å². The van der Waals surface area contributed by atoms with Gasteiger partial charge in [0.05, 0.1) is 11.8 Å². The molecule has 52 heavy (non-hydrogen) atoms. The van der Waals surface area contributed by atoms with E-state index in [9.17, 15) is 22.8 Å². The summed E-state index contributed by atoms with van der Waals surface area (Å²) in [7, 11) is 0. The molecule has 0 aliphatic heterocycles. The monoisotopic (exact) mass is 857 g/mol. The number of esters is 1. The van der Waals surface area contributed by atoms with Crippen molar-refractivity contribution in [3.05, 3.63) is 29.6 Å². The molecule has 0 saturated heterocycles. The molecule has 4 fully saturated rings. The number of hydrogen-bond donors (Lipinski definition) is 1. The first-order valence-corrected chi connectivity index (χ1v) is 21.2. The maximum Gasteiger partial charge on any atom is 0.314 e. The van der Waals surface area contributed by atoms with Crippen LogP contribution in [0.25, 0.3) is 0 Å². The molecule has 0 bridgehead atoms. The van der Waals surface area contributed by atoms with E-state index in [0.717, 1.165) is 93.1 Å². The Morgan fingerprint density at radius 3 is 1.31 bits per heavy atom. The van der Waals surface area contributed by atoms with E-state index in [0.29, 0.717) is 5.92 Å². The standard InChI is InChI=1S/C25H35F3O2.C19H34O2.HI.5H2/c1-2-3-4-5-17-6-8-18(9-7-17)14-19-10-12-20(13-11-19)25(29)30-21-15-22(26)24(28)23(27)16-21;1-2-3-4-5-15-6-8-16(9-7-15)14-17-10-12-18(13-11-17)19(20)21;;;;;;/h15-20H,2-14H2,1H3;15-18H,2-14H2,1H3,(H,20,21);6*1H. The van der Waals surface area contributed by atoms with Gasteiger partial charge in [0.1, 0.15) is 5.75 Å². The average Bonchev–Trinajstić information content (AvgIpc) is 3.13. The molecule has 0 aromatic heterocycles. The van der Waals surface area contributed by atoms with Crippen LogP contribution in [-0.2, 0) is 9.59 Å². The second-order valence-corrected chi connectivity index (χ2v) is 17.1. The van der Waals surface area contributed by atoms with Crippen LogP contribution in [0.15, 0.2) is 12.1 Å². The van der Waals surface area contributed by atoms with Crippen molar-refractivity contribution in [1.29, 1.82) is 0 Å². The van der Waals surface area contributed by atoms with Gasteiger partial charge < -0.3 is 9.84 Å². The van der Waals surface area contributed by atoms with Crippen molar-refractivity contribution < 1.29 is 39.7 Å². The molecule has 4 saturated carbocycles. The molecule has 0 unspecified atom stereocenters. The summed E-state index contributed by atoms with van der Waals surface area (Å²) in [5.74, 6) is -0.643. The van der Waals surface area contributed by atoms with Crippen molar-refractivity contribution >= 4 is 35.9 Å². The van der Waals surface area contributed by atoms with Crippen LogP contribution in [0.3, 0.4) is 0 Å². The minimum atomic E-state index is -1.55. The maximum atomic E-state index is 13.3. The van der Waals surface area contributed by atoms with E-state index in [1.165, 1.54) is 116 Å². The highest BCUT2D eigenvalue weighted by molar-refractivity contribution is 14.0. The number of halogens is 4. The van der Waals surface area contributed by atoms with E-state index in [1.54, 1.807) is 0 Å². The molecule has 1 N–H and O–H groups in total. The highest BCUT2D eigenvalue weighted by atomic mass is 127. The van der Waals surface area contributed by atoms with Gasteiger partial charge in [0.15, 0.2) is 17.5 Å². The zero-order valence-electron chi connectivity index (χ0n) is 32.4.